The van der Waals surface area contributed by atoms with Crippen LogP contribution in [0.1, 0.15) is 13.3 Å². The van der Waals surface area contributed by atoms with Crippen molar-refractivity contribution in [3.8, 4) is 5.75 Å². The first-order valence-corrected chi connectivity index (χ1v) is 6.16. The van der Waals surface area contributed by atoms with E-state index in [-0.39, 0.29) is 18.0 Å². The van der Waals surface area contributed by atoms with Crippen LogP contribution in [0.15, 0.2) is 18.2 Å². The molecular formula is C12H15F3N2O4. The van der Waals surface area contributed by atoms with Crippen LogP contribution in [-0.4, -0.2) is 35.5 Å². The fourth-order valence-electron chi connectivity index (χ4n) is 1.50. The number of aliphatic hydroxyl groups excluding tert-OH is 1. The largest absolute Gasteiger partial charge is 0.487 e. The first-order valence-electron chi connectivity index (χ1n) is 6.16. The molecule has 0 saturated carbocycles. The second-order valence-electron chi connectivity index (χ2n) is 4.20. The summed E-state index contributed by atoms with van der Waals surface area (Å²) >= 11 is 0. The van der Waals surface area contributed by atoms with Gasteiger partial charge >= 0.3 is 11.9 Å². The van der Waals surface area contributed by atoms with Crippen LogP contribution >= 0.6 is 0 Å². The van der Waals surface area contributed by atoms with Gasteiger partial charge in [-0.25, -0.2) is 0 Å². The molecule has 0 aliphatic carbocycles. The zero-order chi connectivity index (χ0) is 16.0. The van der Waals surface area contributed by atoms with Crippen LogP contribution in [0.25, 0.3) is 0 Å². The maximum Gasteiger partial charge on any atom is 0.416 e. The molecule has 1 aromatic carbocycles. The number of nitrogens with zero attached hydrogens (tertiary/aromatic N) is 1. The molecule has 0 saturated heterocycles. The van der Waals surface area contributed by atoms with Crippen molar-refractivity contribution in [1.29, 1.82) is 0 Å². The third kappa shape index (κ3) is 4.78. The van der Waals surface area contributed by atoms with E-state index in [1.54, 1.807) is 0 Å². The Morgan fingerprint density at radius 2 is 2.14 bits per heavy atom. The second-order valence-corrected chi connectivity index (χ2v) is 4.20. The predicted octanol–water partition coefficient (Wildman–Crippen LogP) is 2.72. The second kappa shape index (κ2) is 7.11. The summed E-state index contributed by atoms with van der Waals surface area (Å²) in [6.07, 6.45) is -6.78. The summed E-state index contributed by atoms with van der Waals surface area (Å²) in [5.74, 6) is -0.0339. The van der Waals surface area contributed by atoms with Gasteiger partial charge in [0.25, 0.3) is 0 Å². The van der Waals surface area contributed by atoms with E-state index in [0.29, 0.717) is 6.42 Å². The average Bonchev–Trinajstić information content (AvgIpc) is 2.40. The summed E-state index contributed by atoms with van der Waals surface area (Å²) in [7, 11) is 0. The smallest absolute Gasteiger partial charge is 0.416 e. The summed E-state index contributed by atoms with van der Waals surface area (Å²) in [6, 6.07) is 4.03. The van der Waals surface area contributed by atoms with Crippen molar-refractivity contribution in [1.82, 2.24) is 0 Å². The highest BCUT2D eigenvalue weighted by molar-refractivity contribution is 5.68. The number of nitro benzene ring substituents is 1. The minimum atomic E-state index is -4.79. The standard InChI is InChI=1S/C12H15F3N2O4/c1-2-6-21-9-5-3-4-8(11(9)17(19)20)16-7-10(18)12(13,14)15/h3-5,10,16,18H,2,6-7H2,1H3. The Morgan fingerprint density at radius 1 is 1.48 bits per heavy atom. The molecule has 21 heavy (non-hydrogen) atoms. The Bertz CT molecular complexity index is 494. The van der Waals surface area contributed by atoms with Gasteiger partial charge in [-0.1, -0.05) is 13.0 Å². The number of aliphatic hydroxyl groups is 1. The lowest BCUT2D eigenvalue weighted by atomic mass is 10.2. The molecule has 9 heteroatoms. The van der Waals surface area contributed by atoms with Gasteiger partial charge in [-0.3, -0.25) is 10.1 Å². The van der Waals surface area contributed by atoms with E-state index in [9.17, 15) is 23.3 Å². The monoisotopic (exact) mass is 308 g/mol. The Balaban J connectivity index is 2.93. The maximum absolute atomic E-state index is 12.2. The van der Waals surface area contributed by atoms with Gasteiger partial charge in [-0.05, 0) is 18.6 Å². The van der Waals surface area contributed by atoms with Gasteiger partial charge in [0.1, 0.15) is 5.69 Å². The van der Waals surface area contributed by atoms with Crippen molar-refractivity contribution in [2.45, 2.75) is 25.6 Å². The number of hydrogen-bond donors (Lipinski definition) is 2. The number of alkyl halides is 3. The van der Waals surface area contributed by atoms with Crippen molar-refractivity contribution in [3.05, 3.63) is 28.3 Å². The first-order chi connectivity index (χ1) is 9.77. The van der Waals surface area contributed by atoms with Gasteiger partial charge in [0, 0.05) is 6.54 Å². The SMILES string of the molecule is CCCOc1cccc(NCC(O)C(F)(F)F)c1[N+](=O)[O-]. The quantitative estimate of drug-likeness (QED) is 0.597. The molecule has 1 aromatic rings. The van der Waals surface area contributed by atoms with Crippen molar-refractivity contribution in [2.24, 2.45) is 0 Å². The molecule has 1 unspecified atom stereocenters. The lowest BCUT2D eigenvalue weighted by Gasteiger charge is -2.16. The molecule has 6 nitrogen and oxygen atoms in total. The summed E-state index contributed by atoms with van der Waals surface area (Å²) < 4.78 is 41.8. The summed E-state index contributed by atoms with van der Waals surface area (Å²) in [4.78, 5) is 10.3. The van der Waals surface area contributed by atoms with Crippen molar-refractivity contribution >= 4 is 11.4 Å². The number of benzene rings is 1. The molecule has 0 aliphatic rings. The number of anilines is 1. The molecule has 118 valence electrons. The highest BCUT2D eigenvalue weighted by Gasteiger charge is 2.38. The molecule has 0 radical (unpaired) electrons. The number of nitro groups is 1. The number of rotatable bonds is 7. The van der Waals surface area contributed by atoms with Crippen LogP contribution in [0.3, 0.4) is 0 Å². The molecule has 0 amide bonds. The minimum absolute atomic E-state index is 0.0339. The van der Waals surface area contributed by atoms with Gasteiger partial charge in [0.15, 0.2) is 11.9 Å². The van der Waals surface area contributed by atoms with Crippen LogP contribution in [0, 0.1) is 10.1 Å². The topological polar surface area (TPSA) is 84.6 Å². The maximum atomic E-state index is 12.2. The molecule has 0 heterocycles. The minimum Gasteiger partial charge on any atom is -0.487 e. The van der Waals surface area contributed by atoms with Gasteiger partial charge < -0.3 is 15.2 Å². The third-order valence-electron chi connectivity index (χ3n) is 2.51. The fraction of sp³-hybridized carbons (Fsp3) is 0.500. The van der Waals surface area contributed by atoms with Gasteiger partial charge in [-0.2, -0.15) is 13.2 Å². The fourth-order valence-corrected chi connectivity index (χ4v) is 1.50. The number of nitrogens with one attached hydrogen (secondary N) is 1. The van der Waals surface area contributed by atoms with E-state index < -0.39 is 29.4 Å². The van der Waals surface area contributed by atoms with Crippen LogP contribution in [0.2, 0.25) is 0 Å². The normalized spacial score (nSPS) is 12.8. The van der Waals surface area contributed by atoms with E-state index >= 15 is 0 Å². The van der Waals surface area contributed by atoms with E-state index in [1.807, 2.05) is 6.92 Å². The molecule has 0 bridgehead atoms. The Morgan fingerprint density at radius 3 is 2.67 bits per heavy atom. The Kier molecular flexibility index (Phi) is 5.77. The summed E-state index contributed by atoms with van der Waals surface area (Å²) in [5.41, 5.74) is -0.600. The first kappa shape index (κ1) is 17.0. The number of para-hydroxylation sites is 1. The van der Waals surface area contributed by atoms with Crippen LogP contribution < -0.4 is 10.1 Å². The number of ether oxygens (including phenoxy) is 1. The van der Waals surface area contributed by atoms with E-state index in [0.717, 1.165) is 0 Å². The van der Waals surface area contributed by atoms with Crippen LogP contribution in [0.5, 0.6) is 5.75 Å². The molecule has 0 spiro atoms. The lowest BCUT2D eigenvalue weighted by Crippen LogP contribution is -2.35. The number of hydrogen-bond acceptors (Lipinski definition) is 5. The molecule has 0 fully saturated rings. The predicted molar refractivity (Wildman–Crippen MR) is 69.4 cm³/mol. The van der Waals surface area contributed by atoms with Gasteiger partial charge in [-0.15, -0.1) is 0 Å². The third-order valence-corrected chi connectivity index (χ3v) is 2.51. The highest BCUT2D eigenvalue weighted by atomic mass is 19.4. The highest BCUT2D eigenvalue weighted by Crippen LogP contribution is 2.35. The van der Waals surface area contributed by atoms with Gasteiger partial charge in [0.05, 0.1) is 11.5 Å². The van der Waals surface area contributed by atoms with E-state index in [1.165, 1.54) is 18.2 Å². The Hall–Kier alpha value is -2.03. The average molecular weight is 308 g/mol. The zero-order valence-electron chi connectivity index (χ0n) is 11.2. The summed E-state index contributed by atoms with van der Waals surface area (Å²) in [6.45, 7) is 1.17. The molecule has 0 aliphatic heterocycles. The lowest BCUT2D eigenvalue weighted by molar-refractivity contribution is -0.385. The summed E-state index contributed by atoms with van der Waals surface area (Å²) in [5, 5.41) is 22.2. The zero-order valence-corrected chi connectivity index (χ0v) is 11.2. The van der Waals surface area contributed by atoms with Crippen LogP contribution in [0.4, 0.5) is 24.5 Å². The number of halogens is 3. The molecular weight excluding hydrogens is 293 g/mol. The molecule has 0 aromatic heterocycles. The van der Waals surface area contributed by atoms with E-state index in [2.05, 4.69) is 5.32 Å². The Labute approximate surface area is 118 Å². The molecule has 2 N–H and O–H groups in total. The van der Waals surface area contributed by atoms with E-state index in [4.69, 9.17) is 9.84 Å². The molecule has 1 rings (SSSR count). The van der Waals surface area contributed by atoms with Crippen molar-refractivity contribution in [2.75, 3.05) is 18.5 Å². The van der Waals surface area contributed by atoms with Crippen molar-refractivity contribution in [3.63, 3.8) is 0 Å². The molecule has 1 atom stereocenters. The van der Waals surface area contributed by atoms with Crippen LogP contribution in [-0.2, 0) is 0 Å². The van der Waals surface area contributed by atoms with Crippen molar-refractivity contribution < 1.29 is 27.9 Å². The van der Waals surface area contributed by atoms with Gasteiger partial charge in [0.2, 0.25) is 0 Å².